The summed E-state index contributed by atoms with van der Waals surface area (Å²) < 4.78 is 15.7. The summed E-state index contributed by atoms with van der Waals surface area (Å²) in [5, 5.41) is 19.3. The first kappa shape index (κ1) is 21.0. The van der Waals surface area contributed by atoms with Crippen molar-refractivity contribution in [1.29, 1.82) is 0 Å². The van der Waals surface area contributed by atoms with E-state index in [1.54, 1.807) is 39.0 Å². The maximum atomic E-state index is 13.2. The van der Waals surface area contributed by atoms with Crippen LogP contribution in [0.3, 0.4) is 0 Å². The molecule has 2 aliphatic rings. The molecule has 0 aliphatic heterocycles. The van der Waals surface area contributed by atoms with Gasteiger partial charge in [0.05, 0.1) is 5.60 Å². The van der Waals surface area contributed by atoms with Gasteiger partial charge in [-0.15, -0.1) is 0 Å². The molecule has 0 aromatic heterocycles. The van der Waals surface area contributed by atoms with Crippen molar-refractivity contribution in [2.45, 2.75) is 69.8 Å². The van der Waals surface area contributed by atoms with Crippen molar-refractivity contribution in [2.24, 2.45) is 5.14 Å². The van der Waals surface area contributed by atoms with Crippen LogP contribution in [0.5, 0.6) is 0 Å². The van der Waals surface area contributed by atoms with Crippen LogP contribution in [-0.2, 0) is 41.6 Å². The summed E-state index contributed by atoms with van der Waals surface area (Å²) in [7, 11) is -3.63. The molecule has 0 unspecified atom stereocenters. The highest BCUT2D eigenvalue weighted by Crippen LogP contribution is 2.38. The van der Waals surface area contributed by atoms with Crippen LogP contribution in [0, 0.1) is 6.92 Å². The number of aryl methyl sites for hydroxylation is 3. The first-order valence-corrected chi connectivity index (χ1v) is 12.3. The third-order valence-electron chi connectivity index (χ3n) is 6.24. The van der Waals surface area contributed by atoms with Crippen LogP contribution in [0.2, 0.25) is 0 Å². The fraction of sp³-hybridized carbons (Fsp3) is 0.435. The van der Waals surface area contributed by atoms with E-state index in [4.69, 9.17) is 5.14 Å². The zero-order chi connectivity index (χ0) is 21.7. The molecule has 0 spiro atoms. The molecule has 0 saturated heterocycles. The van der Waals surface area contributed by atoms with Gasteiger partial charge in [-0.3, -0.25) is 9.86 Å². The fourth-order valence-corrected chi connectivity index (χ4v) is 6.09. The van der Waals surface area contributed by atoms with E-state index in [9.17, 15) is 14.1 Å². The summed E-state index contributed by atoms with van der Waals surface area (Å²) in [6.45, 7) is 5.15. The van der Waals surface area contributed by atoms with E-state index in [-0.39, 0.29) is 0 Å². The van der Waals surface area contributed by atoms with Crippen molar-refractivity contribution in [1.82, 2.24) is 4.72 Å². The molecular formula is C23H31N3O3S. The van der Waals surface area contributed by atoms with E-state index in [2.05, 4.69) is 16.1 Å². The molecule has 0 bridgehead atoms. The van der Waals surface area contributed by atoms with Crippen LogP contribution in [-0.4, -0.2) is 15.3 Å². The molecule has 162 valence electrons. The number of carbonyl (C=O) groups excluding carboxylic acids is 1. The summed E-state index contributed by atoms with van der Waals surface area (Å²) >= 11 is 0. The summed E-state index contributed by atoms with van der Waals surface area (Å²) in [6, 6.07) is 6.83. The van der Waals surface area contributed by atoms with Gasteiger partial charge in [-0.2, -0.15) is 0 Å². The number of hydrogen-bond acceptors (Lipinski definition) is 3. The van der Waals surface area contributed by atoms with Crippen molar-refractivity contribution < 1.29 is 14.1 Å². The summed E-state index contributed by atoms with van der Waals surface area (Å²) in [6.07, 6.45) is 6.18. The quantitative estimate of drug-likeness (QED) is 0.482. The van der Waals surface area contributed by atoms with E-state index in [0.717, 1.165) is 44.2 Å². The van der Waals surface area contributed by atoms with Gasteiger partial charge in [-0.1, -0.05) is 18.2 Å². The molecule has 2 aliphatic carbocycles. The minimum atomic E-state index is -3.63. The molecule has 6 nitrogen and oxygen atoms in total. The highest BCUT2D eigenvalue weighted by atomic mass is 32.3. The smallest absolute Gasteiger partial charge is 0.330 e. The molecule has 0 heterocycles. The molecule has 5 N–H and O–H groups in total. The lowest BCUT2D eigenvalue weighted by Crippen LogP contribution is -2.45. The van der Waals surface area contributed by atoms with Crippen LogP contribution in [0.1, 0.15) is 60.1 Å². The number of amides is 2. The fourth-order valence-electron chi connectivity index (χ4n) is 4.73. The number of benzene rings is 2. The van der Waals surface area contributed by atoms with Gasteiger partial charge in [0, 0.05) is 20.9 Å². The Hall–Kier alpha value is -2.22. The van der Waals surface area contributed by atoms with Gasteiger partial charge in [0.25, 0.3) is 0 Å². The highest BCUT2D eigenvalue weighted by molar-refractivity contribution is 7.99. The van der Waals surface area contributed by atoms with E-state index < -0.39 is 21.9 Å². The summed E-state index contributed by atoms with van der Waals surface area (Å²) in [5.74, 6) is 0. The lowest BCUT2D eigenvalue weighted by atomic mass is 9.97. The first-order valence-electron chi connectivity index (χ1n) is 10.5. The van der Waals surface area contributed by atoms with Crippen LogP contribution >= 0.6 is 0 Å². The van der Waals surface area contributed by atoms with Gasteiger partial charge >= 0.3 is 6.03 Å². The second-order valence-corrected chi connectivity index (χ2v) is 11.0. The Labute approximate surface area is 178 Å². The number of hydrogen-bond donors (Lipinski definition) is 5. The summed E-state index contributed by atoms with van der Waals surface area (Å²) in [4.78, 5) is 13.2. The largest absolute Gasteiger partial charge is 0.386 e. The first-order chi connectivity index (χ1) is 14.1. The molecule has 2 amide bonds. The number of urea groups is 1. The topological polar surface area (TPSA) is 104 Å². The van der Waals surface area contributed by atoms with Gasteiger partial charge in [0.2, 0.25) is 0 Å². The molecule has 0 radical (unpaired) electrons. The van der Waals surface area contributed by atoms with E-state index >= 15 is 0 Å². The number of carbonyl (C=O) groups is 1. The van der Waals surface area contributed by atoms with Crippen molar-refractivity contribution in [2.75, 3.05) is 5.32 Å². The second kappa shape index (κ2) is 7.48. The van der Waals surface area contributed by atoms with E-state index in [1.165, 1.54) is 22.3 Å². The standard InChI is InChI=1S/C23H31N3O3S/c1-14-12-17(23(2,3)28)10-11-20(14)30(24,29)26-22(27)25-21-18-8-4-6-15(18)13-16-7-5-9-19(16)21/h10-13,28,30H,4-9H2,1-3H3,(H4,24,25,26,27,29). The predicted molar refractivity (Wildman–Crippen MR) is 121 cm³/mol. The SMILES string of the molecule is Cc1cc(C(C)(C)O)ccc1[SH](N)(=O)NC(=O)Nc1c2c(cc3c1CCC3)CCC2. The molecule has 0 fully saturated rings. The van der Waals surface area contributed by atoms with Gasteiger partial charge in [-0.05, 0) is 98.7 Å². The number of aliphatic hydroxyl groups is 1. The maximum Gasteiger partial charge on any atom is 0.330 e. The normalized spacial score (nSPS) is 16.2. The highest BCUT2D eigenvalue weighted by Gasteiger charge is 2.26. The van der Waals surface area contributed by atoms with Crippen molar-refractivity contribution in [3.8, 4) is 0 Å². The van der Waals surface area contributed by atoms with Crippen molar-refractivity contribution >= 4 is 22.0 Å². The van der Waals surface area contributed by atoms with Crippen LogP contribution in [0.25, 0.3) is 0 Å². The predicted octanol–water partition coefficient (Wildman–Crippen LogP) is 3.19. The zero-order valence-electron chi connectivity index (χ0n) is 17.8. The molecule has 0 saturated carbocycles. The molecule has 4 rings (SSSR count). The monoisotopic (exact) mass is 429 g/mol. The Morgan fingerprint density at radius 2 is 1.67 bits per heavy atom. The van der Waals surface area contributed by atoms with Gasteiger partial charge in [-0.25, -0.2) is 9.00 Å². The molecule has 7 heteroatoms. The zero-order valence-corrected chi connectivity index (χ0v) is 18.7. The average Bonchev–Trinajstić information content (AvgIpc) is 3.28. The molecular weight excluding hydrogens is 398 g/mol. The minimum absolute atomic E-state index is 0.383. The number of anilines is 1. The van der Waals surface area contributed by atoms with Gasteiger partial charge in [0.1, 0.15) is 0 Å². The molecule has 30 heavy (non-hydrogen) atoms. The maximum absolute atomic E-state index is 13.2. The number of rotatable bonds is 4. The Morgan fingerprint density at radius 3 is 2.20 bits per heavy atom. The number of nitrogens with two attached hydrogens (primary N) is 1. The lowest BCUT2D eigenvalue weighted by molar-refractivity contribution is 0.0784. The molecule has 2 aromatic carbocycles. The van der Waals surface area contributed by atoms with Crippen LogP contribution in [0.4, 0.5) is 10.5 Å². The Kier molecular flexibility index (Phi) is 5.24. The van der Waals surface area contributed by atoms with Crippen LogP contribution < -0.4 is 15.2 Å². The van der Waals surface area contributed by atoms with Crippen molar-refractivity contribution in [3.05, 3.63) is 57.6 Å². The number of thiol groups is 1. The van der Waals surface area contributed by atoms with Crippen molar-refractivity contribution in [3.63, 3.8) is 0 Å². The lowest BCUT2D eigenvalue weighted by Gasteiger charge is -2.26. The Balaban J connectivity index is 1.57. The van der Waals surface area contributed by atoms with E-state index in [1.807, 2.05) is 0 Å². The third kappa shape index (κ3) is 3.89. The minimum Gasteiger partial charge on any atom is -0.386 e. The molecule has 0 atom stereocenters. The third-order valence-corrected chi connectivity index (χ3v) is 7.99. The Morgan fingerprint density at radius 1 is 1.07 bits per heavy atom. The van der Waals surface area contributed by atoms with E-state index in [0.29, 0.717) is 16.0 Å². The Bertz CT molecular complexity index is 1040. The van der Waals surface area contributed by atoms with Crippen LogP contribution in [0.15, 0.2) is 29.2 Å². The number of fused-ring (bicyclic) bond motifs is 2. The van der Waals surface area contributed by atoms with Gasteiger partial charge < -0.3 is 10.4 Å². The number of nitrogens with one attached hydrogen (secondary N) is 2. The second-order valence-electron chi connectivity index (χ2n) is 9.02. The molecule has 2 aromatic rings. The van der Waals surface area contributed by atoms with Gasteiger partial charge in [0.15, 0.2) is 0 Å². The average molecular weight is 430 g/mol. The summed E-state index contributed by atoms with van der Waals surface area (Å²) in [5.41, 5.74) is 6.31.